The summed E-state index contributed by atoms with van der Waals surface area (Å²) in [7, 11) is 1.35. The molecule has 1 fully saturated rings. The molecule has 1 aliphatic heterocycles. The zero-order chi connectivity index (χ0) is 19.6. The van der Waals surface area contributed by atoms with Crippen LogP contribution in [-0.4, -0.2) is 51.4 Å². The van der Waals surface area contributed by atoms with E-state index in [-0.39, 0.29) is 24.3 Å². The van der Waals surface area contributed by atoms with Gasteiger partial charge in [0.1, 0.15) is 5.75 Å². The second-order valence-corrected chi connectivity index (χ2v) is 6.72. The molecule has 0 aromatic heterocycles. The maximum Gasteiger partial charge on any atom is 0.310 e. The largest absolute Gasteiger partial charge is 0.494 e. The fourth-order valence-electron chi connectivity index (χ4n) is 3.21. The molecule has 2 rings (SSSR count). The van der Waals surface area contributed by atoms with Crippen LogP contribution in [0.25, 0.3) is 0 Å². The summed E-state index contributed by atoms with van der Waals surface area (Å²) in [5.41, 5.74) is 7.06. The molecule has 1 saturated heterocycles. The highest BCUT2D eigenvalue weighted by Crippen LogP contribution is 2.18. The summed E-state index contributed by atoms with van der Waals surface area (Å²) >= 11 is 0. The van der Waals surface area contributed by atoms with E-state index < -0.39 is 12.0 Å². The van der Waals surface area contributed by atoms with E-state index in [2.05, 4.69) is 5.32 Å². The van der Waals surface area contributed by atoms with E-state index in [0.29, 0.717) is 26.2 Å². The second kappa shape index (κ2) is 10.9. The van der Waals surface area contributed by atoms with Crippen LogP contribution in [0, 0.1) is 11.8 Å². The summed E-state index contributed by atoms with van der Waals surface area (Å²) in [5, 5.41) is 2.82. The van der Waals surface area contributed by atoms with Gasteiger partial charge in [0.15, 0.2) is 0 Å². The van der Waals surface area contributed by atoms with Gasteiger partial charge < -0.3 is 25.3 Å². The molecule has 2 unspecified atom stereocenters. The van der Waals surface area contributed by atoms with Gasteiger partial charge in [-0.3, -0.25) is 9.59 Å². The first kappa shape index (κ1) is 21.2. The van der Waals surface area contributed by atoms with Gasteiger partial charge in [-0.25, -0.2) is 0 Å². The molecule has 1 aromatic rings. The minimum Gasteiger partial charge on any atom is -0.494 e. The van der Waals surface area contributed by atoms with E-state index >= 15 is 0 Å². The third-order valence-electron chi connectivity index (χ3n) is 4.85. The number of carbonyl (C=O) groups is 2. The van der Waals surface area contributed by atoms with Gasteiger partial charge >= 0.3 is 5.97 Å². The topological polar surface area (TPSA) is 99.9 Å². The highest BCUT2D eigenvalue weighted by Gasteiger charge is 2.28. The van der Waals surface area contributed by atoms with Crippen molar-refractivity contribution in [2.45, 2.75) is 32.2 Å². The lowest BCUT2D eigenvalue weighted by Gasteiger charge is -2.27. The third-order valence-corrected chi connectivity index (χ3v) is 4.85. The zero-order valence-corrected chi connectivity index (χ0v) is 16.1. The number of hydrogen-bond acceptors (Lipinski definition) is 6. The Labute approximate surface area is 160 Å². The first-order valence-electron chi connectivity index (χ1n) is 9.45. The summed E-state index contributed by atoms with van der Waals surface area (Å²) in [6.07, 6.45) is 2.02. The molecule has 2 atom stereocenters. The predicted octanol–water partition coefficient (Wildman–Crippen LogP) is 1.29. The molecule has 1 heterocycles. The van der Waals surface area contributed by atoms with Gasteiger partial charge in [0, 0.05) is 19.8 Å². The molecule has 0 saturated carbocycles. The quantitative estimate of drug-likeness (QED) is 0.628. The molecule has 0 radical (unpaired) electrons. The van der Waals surface area contributed by atoms with Crippen molar-refractivity contribution < 1.29 is 23.8 Å². The molecule has 0 bridgehead atoms. The van der Waals surface area contributed by atoms with Crippen LogP contribution in [0.15, 0.2) is 24.3 Å². The average molecular weight is 378 g/mol. The van der Waals surface area contributed by atoms with E-state index in [9.17, 15) is 9.59 Å². The maximum atomic E-state index is 12.4. The standard InChI is InChI=1S/C20H30N2O5/c1-3-27-17-6-4-14(5-7-17)12-16(20(24)25-2)13-22-19(23)18(21)15-8-10-26-11-9-15/h4-7,15-16,18H,3,8-13,21H2,1-2H3,(H,22,23). The molecule has 1 aliphatic rings. The van der Waals surface area contributed by atoms with E-state index in [1.54, 1.807) is 0 Å². The van der Waals surface area contributed by atoms with Crippen molar-refractivity contribution in [1.29, 1.82) is 0 Å². The molecule has 3 N–H and O–H groups in total. The fourth-order valence-corrected chi connectivity index (χ4v) is 3.21. The second-order valence-electron chi connectivity index (χ2n) is 6.72. The van der Waals surface area contributed by atoms with Crippen LogP contribution < -0.4 is 15.8 Å². The van der Waals surface area contributed by atoms with Crippen molar-refractivity contribution in [3.63, 3.8) is 0 Å². The molecule has 150 valence electrons. The number of carbonyl (C=O) groups excluding carboxylic acids is 2. The van der Waals surface area contributed by atoms with Gasteiger partial charge in [0.25, 0.3) is 0 Å². The Morgan fingerprint density at radius 1 is 1.26 bits per heavy atom. The van der Waals surface area contributed by atoms with E-state index in [1.807, 2.05) is 31.2 Å². The van der Waals surface area contributed by atoms with Crippen molar-refractivity contribution in [3.05, 3.63) is 29.8 Å². The van der Waals surface area contributed by atoms with Gasteiger partial charge in [0.2, 0.25) is 5.91 Å². The molecular weight excluding hydrogens is 348 g/mol. The van der Waals surface area contributed by atoms with Gasteiger partial charge in [-0.1, -0.05) is 12.1 Å². The van der Waals surface area contributed by atoms with Crippen LogP contribution in [0.4, 0.5) is 0 Å². The minimum absolute atomic E-state index is 0.112. The maximum absolute atomic E-state index is 12.4. The molecule has 0 spiro atoms. The monoisotopic (exact) mass is 378 g/mol. The highest BCUT2D eigenvalue weighted by molar-refractivity contribution is 5.82. The zero-order valence-electron chi connectivity index (χ0n) is 16.1. The van der Waals surface area contributed by atoms with Gasteiger partial charge in [0.05, 0.1) is 25.7 Å². The van der Waals surface area contributed by atoms with E-state index in [4.69, 9.17) is 19.9 Å². The normalized spacial score (nSPS) is 17.0. The molecular formula is C20H30N2O5. The van der Waals surface area contributed by atoms with Gasteiger partial charge in [-0.2, -0.15) is 0 Å². The summed E-state index contributed by atoms with van der Waals surface area (Å²) in [5.74, 6) is -0.168. The molecule has 7 heteroatoms. The Kier molecular flexibility index (Phi) is 8.54. The minimum atomic E-state index is -0.585. The SMILES string of the molecule is CCOc1ccc(CC(CNC(=O)C(N)C2CCOCC2)C(=O)OC)cc1. The number of hydrogen-bond donors (Lipinski definition) is 2. The first-order chi connectivity index (χ1) is 13.0. The summed E-state index contributed by atoms with van der Waals surface area (Å²) in [6.45, 7) is 3.98. The van der Waals surface area contributed by atoms with Crippen LogP contribution in [-0.2, 0) is 25.5 Å². The van der Waals surface area contributed by atoms with E-state index in [0.717, 1.165) is 24.2 Å². The van der Waals surface area contributed by atoms with Crippen molar-refractivity contribution in [2.24, 2.45) is 17.6 Å². The molecule has 0 aliphatic carbocycles. The summed E-state index contributed by atoms with van der Waals surface area (Å²) in [6, 6.07) is 6.98. The number of nitrogens with two attached hydrogens (primary N) is 1. The van der Waals surface area contributed by atoms with Crippen LogP contribution in [0.1, 0.15) is 25.3 Å². The van der Waals surface area contributed by atoms with Crippen LogP contribution in [0.3, 0.4) is 0 Å². The lowest BCUT2D eigenvalue weighted by Crippen LogP contribution is -2.48. The van der Waals surface area contributed by atoms with Crippen molar-refractivity contribution in [1.82, 2.24) is 5.32 Å². The molecule has 1 aromatic carbocycles. The lowest BCUT2D eigenvalue weighted by molar-refractivity contribution is -0.145. The molecule has 27 heavy (non-hydrogen) atoms. The first-order valence-corrected chi connectivity index (χ1v) is 9.45. The van der Waals surface area contributed by atoms with Crippen molar-refractivity contribution in [3.8, 4) is 5.75 Å². The Morgan fingerprint density at radius 2 is 1.93 bits per heavy atom. The summed E-state index contributed by atoms with van der Waals surface area (Å²) in [4.78, 5) is 24.5. The fraction of sp³-hybridized carbons (Fsp3) is 0.600. The number of benzene rings is 1. The van der Waals surface area contributed by atoms with Crippen LogP contribution in [0.5, 0.6) is 5.75 Å². The van der Waals surface area contributed by atoms with Gasteiger partial charge in [-0.15, -0.1) is 0 Å². The van der Waals surface area contributed by atoms with Crippen LogP contribution in [0.2, 0.25) is 0 Å². The third kappa shape index (κ3) is 6.52. The van der Waals surface area contributed by atoms with Gasteiger partial charge in [-0.05, 0) is 49.8 Å². The van der Waals surface area contributed by atoms with Crippen LogP contribution >= 0.6 is 0 Å². The smallest absolute Gasteiger partial charge is 0.310 e. The summed E-state index contributed by atoms with van der Waals surface area (Å²) < 4.78 is 15.6. The predicted molar refractivity (Wildman–Crippen MR) is 101 cm³/mol. The van der Waals surface area contributed by atoms with Crippen molar-refractivity contribution >= 4 is 11.9 Å². The number of methoxy groups -OCH3 is 1. The molecule has 1 amide bonds. The number of rotatable bonds is 9. The number of esters is 1. The van der Waals surface area contributed by atoms with E-state index in [1.165, 1.54) is 7.11 Å². The average Bonchev–Trinajstić information content (AvgIpc) is 2.71. The highest BCUT2D eigenvalue weighted by atomic mass is 16.5. The lowest BCUT2D eigenvalue weighted by atomic mass is 9.91. The Balaban J connectivity index is 1.91. The number of nitrogens with one attached hydrogen (secondary N) is 1. The Morgan fingerprint density at radius 3 is 2.52 bits per heavy atom. The Hall–Kier alpha value is -2.12. The van der Waals surface area contributed by atoms with Crippen molar-refractivity contribution in [2.75, 3.05) is 33.5 Å². The molecule has 7 nitrogen and oxygen atoms in total. The Bertz CT molecular complexity index is 599. The number of ether oxygens (including phenoxy) is 3. The number of amides is 1.